The maximum absolute atomic E-state index is 13.9. The van der Waals surface area contributed by atoms with Crippen LogP contribution in [0.1, 0.15) is 22.8 Å². The first-order valence-corrected chi connectivity index (χ1v) is 13.9. The molecule has 1 N–H and O–H groups in total. The first-order valence-electron chi connectivity index (χ1n) is 12.8. The van der Waals surface area contributed by atoms with Crippen LogP contribution in [0.3, 0.4) is 0 Å². The lowest BCUT2D eigenvalue weighted by Crippen LogP contribution is -2.42. The summed E-state index contributed by atoms with van der Waals surface area (Å²) in [5, 5.41) is 7.40. The fraction of sp³-hybridized carbons (Fsp3) is 0.233. The van der Waals surface area contributed by atoms with Crippen LogP contribution in [0.5, 0.6) is 0 Å². The molecule has 5 rings (SSSR count). The van der Waals surface area contributed by atoms with Gasteiger partial charge in [-0.15, -0.1) is 11.8 Å². The van der Waals surface area contributed by atoms with Crippen molar-refractivity contribution in [2.24, 2.45) is 0 Å². The molecule has 4 aromatic rings. The van der Waals surface area contributed by atoms with Gasteiger partial charge in [0.05, 0.1) is 22.4 Å². The molecule has 0 spiro atoms. The molecule has 1 aromatic heterocycles. The monoisotopic (exact) mass is 562 g/mol. The molecule has 7 nitrogen and oxygen atoms in total. The van der Waals surface area contributed by atoms with E-state index in [9.17, 15) is 18.4 Å². The quantitative estimate of drug-likeness (QED) is 0.286. The number of anilines is 1. The number of halogens is 2. The summed E-state index contributed by atoms with van der Waals surface area (Å²) < 4.78 is 34.4. The van der Waals surface area contributed by atoms with E-state index < -0.39 is 11.1 Å². The van der Waals surface area contributed by atoms with Gasteiger partial charge in [-0.25, -0.2) is 13.5 Å². The molecule has 0 aliphatic carbocycles. The van der Waals surface area contributed by atoms with Crippen molar-refractivity contribution in [1.82, 2.24) is 15.1 Å². The second-order valence-electron chi connectivity index (χ2n) is 9.26. The number of rotatable bonds is 9. The van der Waals surface area contributed by atoms with E-state index >= 15 is 0 Å². The lowest BCUT2D eigenvalue weighted by atomic mass is 9.99. The van der Waals surface area contributed by atoms with E-state index in [1.165, 1.54) is 40.9 Å². The van der Waals surface area contributed by atoms with Crippen LogP contribution in [0.4, 0.5) is 14.6 Å². The van der Waals surface area contributed by atoms with Crippen molar-refractivity contribution in [3.8, 4) is 16.9 Å². The molecule has 40 heavy (non-hydrogen) atoms. The van der Waals surface area contributed by atoms with Crippen LogP contribution in [0.25, 0.3) is 16.9 Å². The van der Waals surface area contributed by atoms with E-state index in [4.69, 9.17) is 9.84 Å². The lowest BCUT2D eigenvalue weighted by Gasteiger charge is -2.23. The van der Waals surface area contributed by atoms with Crippen LogP contribution >= 0.6 is 11.8 Å². The lowest BCUT2D eigenvalue weighted by molar-refractivity contribution is -0.122. The first-order chi connectivity index (χ1) is 19.5. The second-order valence-corrected chi connectivity index (χ2v) is 10.4. The molecule has 0 saturated heterocycles. The third-order valence-corrected chi connectivity index (χ3v) is 7.78. The molecule has 1 atom stereocenters. The number of fused-ring (bicyclic) bond motifs is 1. The normalized spacial score (nSPS) is 15.0. The Morgan fingerprint density at radius 3 is 2.38 bits per heavy atom. The molecule has 0 saturated carbocycles. The first kappa shape index (κ1) is 27.5. The van der Waals surface area contributed by atoms with Gasteiger partial charge in [-0.05, 0) is 48.4 Å². The predicted octanol–water partition coefficient (Wildman–Crippen LogP) is 5.14. The van der Waals surface area contributed by atoms with Crippen LogP contribution in [0.15, 0.2) is 78.9 Å². The molecular weight excluding hydrogens is 534 g/mol. The summed E-state index contributed by atoms with van der Waals surface area (Å²) in [6.07, 6.45) is 0.635. The molecular formula is C30H28F2N4O3S. The summed E-state index contributed by atoms with van der Waals surface area (Å²) in [6, 6.07) is 21.5. The van der Waals surface area contributed by atoms with Crippen molar-refractivity contribution in [1.29, 1.82) is 0 Å². The molecule has 0 bridgehead atoms. The number of hydrogen-bond donors (Lipinski definition) is 1. The van der Waals surface area contributed by atoms with Gasteiger partial charge in [0.2, 0.25) is 11.8 Å². The van der Waals surface area contributed by atoms with Crippen molar-refractivity contribution in [2.75, 3.05) is 37.5 Å². The molecule has 1 aliphatic heterocycles. The number of methoxy groups -OCH3 is 1. The maximum Gasteiger partial charge on any atom is 0.240 e. The van der Waals surface area contributed by atoms with Crippen LogP contribution < -0.4 is 10.2 Å². The number of ether oxygens (including phenoxy) is 1. The van der Waals surface area contributed by atoms with Crippen LogP contribution in [0, 0.1) is 11.6 Å². The largest absolute Gasteiger partial charge is 0.385 e. The number of hydrogen-bond acceptors (Lipinski definition) is 5. The van der Waals surface area contributed by atoms with E-state index in [1.54, 1.807) is 36.1 Å². The van der Waals surface area contributed by atoms with Crippen LogP contribution in [-0.4, -0.2) is 54.2 Å². The molecule has 3 aromatic carbocycles. The summed E-state index contributed by atoms with van der Waals surface area (Å²) in [7, 11) is 1.59. The second kappa shape index (κ2) is 12.4. The van der Waals surface area contributed by atoms with Gasteiger partial charge in [0.25, 0.3) is 0 Å². The average molecular weight is 563 g/mol. The third kappa shape index (κ3) is 5.93. The Kier molecular flexibility index (Phi) is 8.57. The zero-order valence-electron chi connectivity index (χ0n) is 21.8. The predicted molar refractivity (Wildman–Crippen MR) is 152 cm³/mol. The fourth-order valence-corrected chi connectivity index (χ4v) is 5.83. The van der Waals surface area contributed by atoms with Crippen molar-refractivity contribution in [3.05, 3.63) is 102 Å². The van der Waals surface area contributed by atoms with E-state index in [1.807, 2.05) is 30.3 Å². The van der Waals surface area contributed by atoms with Gasteiger partial charge in [0.15, 0.2) is 0 Å². The topological polar surface area (TPSA) is 76.5 Å². The van der Waals surface area contributed by atoms with Gasteiger partial charge in [-0.1, -0.05) is 42.5 Å². The van der Waals surface area contributed by atoms with E-state index in [-0.39, 0.29) is 29.9 Å². The van der Waals surface area contributed by atoms with Gasteiger partial charge in [-0.3, -0.25) is 14.5 Å². The molecule has 0 unspecified atom stereocenters. The molecule has 2 heterocycles. The van der Waals surface area contributed by atoms with Crippen molar-refractivity contribution in [2.45, 2.75) is 11.7 Å². The Bertz CT molecular complexity index is 1480. The molecule has 1 aliphatic rings. The Morgan fingerprint density at radius 2 is 1.70 bits per heavy atom. The number of aromatic nitrogens is 2. The fourth-order valence-electron chi connectivity index (χ4n) is 4.64. The van der Waals surface area contributed by atoms with Gasteiger partial charge >= 0.3 is 0 Å². The number of carbonyl (C=O) groups excluding carboxylic acids is 2. The Balaban J connectivity index is 1.70. The van der Waals surface area contributed by atoms with Crippen LogP contribution in [-0.2, 0) is 14.3 Å². The highest BCUT2D eigenvalue weighted by atomic mass is 32.2. The minimum atomic E-state index is -0.409. The molecule has 0 fully saturated rings. The Morgan fingerprint density at radius 1 is 1.02 bits per heavy atom. The molecule has 2 amide bonds. The molecule has 206 valence electrons. The minimum absolute atomic E-state index is 0.0886. The highest BCUT2D eigenvalue weighted by Gasteiger charge is 2.37. The summed E-state index contributed by atoms with van der Waals surface area (Å²) in [5.41, 5.74) is 3.46. The Labute approximate surface area is 235 Å². The number of nitrogens with one attached hydrogen (secondary N) is 1. The van der Waals surface area contributed by atoms with Gasteiger partial charge in [0.1, 0.15) is 24.0 Å². The minimum Gasteiger partial charge on any atom is -0.385 e. The zero-order valence-corrected chi connectivity index (χ0v) is 22.7. The highest BCUT2D eigenvalue weighted by Crippen LogP contribution is 2.48. The molecule has 10 heteroatoms. The Hall–Kier alpha value is -4.02. The smallest absolute Gasteiger partial charge is 0.240 e. The van der Waals surface area contributed by atoms with E-state index in [0.29, 0.717) is 42.3 Å². The summed E-state index contributed by atoms with van der Waals surface area (Å²) in [4.78, 5) is 28.1. The van der Waals surface area contributed by atoms with Gasteiger partial charge < -0.3 is 10.1 Å². The number of benzene rings is 3. The maximum atomic E-state index is 13.9. The van der Waals surface area contributed by atoms with Gasteiger partial charge in [-0.2, -0.15) is 5.10 Å². The SMILES string of the molecule is COCCCNC(=O)CN1C(=O)CS[C@H](c2ccc(F)cc2)c2c(-c3ccccc3)nn(-c3ccc(F)cc3)c21. The zero-order chi connectivity index (χ0) is 28.1. The number of carbonyl (C=O) groups is 2. The number of amides is 2. The van der Waals surface area contributed by atoms with Crippen molar-refractivity contribution < 1.29 is 23.1 Å². The van der Waals surface area contributed by atoms with E-state index in [2.05, 4.69) is 5.32 Å². The number of nitrogens with zero attached hydrogens (tertiary/aromatic N) is 3. The molecule has 0 radical (unpaired) electrons. The highest BCUT2D eigenvalue weighted by molar-refractivity contribution is 8.00. The summed E-state index contributed by atoms with van der Waals surface area (Å²) >= 11 is 1.39. The average Bonchev–Trinajstić information content (AvgIpc) is 3.29. The van der Waals surface area contributed by atoms with Crippen LogP contribution in [0.2, 0.25) is 0 Å². The summed E-state index contributed by atoms with van der Waals surface area (Å²) in [6.45, 7) is 0.679. The van der Waals surface area contributed by atoms with Crippen molar-refractivity contribution in [3.63, 3.8) is 0 Å². The van der Waals surface area contributed by atoms with Gasteiger partial charge in [0, 0.05) is 31.4 Å². The standard InChI is InChI=1S/C30H28F2N4O3S/c1-39-17-5-16-33-25(37)18-35-26(38)19-40-29(21-8-10-22(31)11-9-21)27-28(20-6-3-2-4-7-20)34-36(30(27)35)24-14-12-23(32)13-15-24/h2-4,6-15,29H,5,16-19H2,1H3,(H,33,37)/t29-/m1/s1. The van der Waals surface area contributed by atoms with Crippen molar-refractivity contribution >= 4 is 29.4 Å². The van der Waals surface area contributed by atoms with E-state index in [0.717, 1.165) is 11.1 Å². The summed E-state index contributed by atoms with van der Waals surface area (Å²) in [5.74, 6) is -0.865. The number of thioether (sulfide) groups is 1. The third-order valence-electron chi connectivity index (χ3n) is 6.53.